The monoisotopic (exact) mass is 196 g/mol. The van der Waals surface area contributed by atoms with E-state index in [1.165, 1.54) is 0 Å². The molecule has 0 saturated carbocycles. The number of rotatable bonds is 2. The SMILES string of the molecule is CCc1c(C(C)(C)C)c(O)nn1CC. The van der Waals surface area contributed by atoms with Crippen molar-refractivity contribution in [3.63, 3.8) is 0 Å². The zero-order chi connectivity index (χ0) is 10.9. The Morgan fingerprint density at radius 2 is 1.86 bits per heavy atom. The third-order valence-corrected chi connectivity index (χ3v) is 2.42. The first-order chi connectivity index (χ1) is 6.41. The van der Waals surface area contributed by atoms with Gasteiger partial charge in [-0.05, 0) is 18.8 Å². The maximum Gasteiger partial charge on any atom is 0.234 e. The summed E-state index contributed by atoms with van der Waals surface area (Å²) in [6.45, 7) is 11.2. The van der Waals surface area contributed by atoms with Crippen LogP contribution in [0.25, 0.3) is 0 Å². The van der Waals surface area contributed by atoms with Crippen molar-refractivity contribution >= 4 is 0 Å². The largest absolute Gasteiger partial charge is 0.492 e. The average Bonchev–Trinajstić information content (AvgIpc) is 2.40. The van der Waals surface area contributed by atoms with Crippen molar-refractivity contribution in [3.05, 3.63) is 11.3 Å². The van der Waals surface area contributed by atoms with Crippen LogP contribution < -0.4 is 0 Å². The summed E-state index contributed by atoms with van der Waals surface area (Å²) in [6, 6.07) is 0. The van der Waals surface area contributed by atoms with E-state index in [2.05, 4.69) is 32.8 Å². The van der Waals surface area contributed by atoms with E-state index in [1.807, 2.05) is 11.6 Å². The molecule has 0 aromatic carbocycles. The smallest absolute Gasteiger partial charge is 0.234 e. The Hall–Kier alpha value is -0.990. The Morgan fingerprint density at radius 1 is 1.29 bits per heavy atom. The standard InChI is InChI=1S/C11H20N2O/c1-6-8-9(11(3,4)5)10(14)12-13(8)7-2/h6-7H2,1-5H3,(H,12,14). The van der Waals surface area contributed by atoms with Crippen LogP contribution in [0.2, 0.25) is 0 Å². The lowest BCUT2D eigenvalue weighted by atomic mass is 9.86. The molecule has 0 amide bonds. The van der Waals surface area contributed by atoms with Gasteiger partial charge in [0.25, 0.3) is 0 Å². The van der Waals surface area contributed by atoms with Gasteiger partial charge in [0.05, 0.1) is 0 Å². The molecule has 0 aliphatic carbocycles. The van der Waals surface area contributed by atoms with E-state index >= 15 is 0 Å². The van der Waals surface area contributed by atoms with Gasteiger partial charge in [-0.25, -0.2) is 0 Å². The fraction of sp³-hybridized carbons (Fsp3) is 0.727. The molecule has 1 aromatic rings. The van der Waals surface area contributed by atoms with E-state index in [9.17, 15) is 5.11 Å². The molecular formula is C11H20N2O. The highest BCUT2D eigenvalue weighted by Gasteiger charge is 2.26. The summed E-state index contributed by atoms with van der Waals surface area (Å²) in [7, 11) is 0. The van der Waals surface area contributed by atoms with E-state index in [-0.39, 0.29) is 11.3 Å². The highest BCUT2D eigenvalue weighted by Crippen LogP contribution is 2.33. The van der Waals surface area contributed by atoms with E-state index < -0.39 is 0 Å². The molecule has 1 aromatic heterocycles. The van der Waals surface area contributed by atoms with Gasteiger partial charge < -0.3 is 5.11 Å². The molecule has 1 rings (SSSR count). The normalized spacial score (nSPS) is 12.1. The maximum absolute atomic E-state index is 9.78. The lowest BCUT2D eigenvalue weighted by molar-refractivity contribution is 0.422. The Morgan fingerprint density at radius 3 is 2.21 bits per heavy atom. The molecular weight excluding hydrogens is 176 g/mol. The lowest BCUT2D eigenvalue weighted by Gasteiger charge is -2.19. The van der Waals surface area contributed by atoms with Crippen molar-refractivity contribution < 1.29 is 5.11 Å². The third-order valence-electron chi connectivity index (χ3n) is 2.42. The van der Waals surface area contributed by atoms with Crippen molar-refractivity contribution in [3.8, 4) is 5.88 Å². The second-order valence-corrected chi connectivity index (χ2v) is 4.56. The summed E-state index contributed by atoms with van der Waals surface area (Å²) in [5.41, 5.74) is 2.10. The number of hydrogen-bond acceptors (Lipinski definition) is 2. The summed E-state index contributed by atoms with van der Waals surface area (Å²) in [6.07, 6.45) is 0.911. The van der Waals surface area contributed by atoms with Crippen molar-refractivity contribution in [2.45, 2.75) is 53.0 Å². The number of aromatic hydroxyl groups is 1. The van der Waals surface area contributed by atoms with Crippen molar-refractivity contribution in [2.75, 3.05) is 0 Å². The number of aromatic nitrogens is 2. The van der Waals surface area contributed by atoms with E-state index in [1.54, 1.807) is 0 Å². The van der Waals surface area contributed by atoms with Crippen LogP contribution in [-0.4, -0.2) is 14.9 Å². The molecule has 0 fully saturated rings. The van der Waals surface area contributed by atoms with Crippen LogP contribution in [0.4, 0.5) is 0 Å². The lowest BCUT2D eigenvalue weighted by Crippen LogP contribution is -2.14. The second-order valence-electron chi connectivity index (χ2n) is 4.56. The molecule has 0 saturated heterocycles. The first-order valence-corrected chi connectivity index (χ1v) is 5.20. The zero-order valence-corrected chi connectivity index (χ0v) is 9.76. The summed E-state index contributed by atoms with van der Waals surface area (Å²) in [5.74, 6) is 0.191. The van der Waals surface area contributed by atoms with Crippen molar-refractivity contribution in [1.82, 2.24) is 9.78 Å². The molecule has 80 valence electrons. The van der Waals surface area contributed by atoms with Gasteiger partial charge >= 0.3 is 0 Å². The molecule has 0 aliphatic rings. The van der Waals surface area contributed by atoms with Gasteiger partial charge in [0, 0.05) is 17.8 Å². The molecule has 0 spiro atoms. The molecule has 0 radical (unpaired) electrons. The van der Waals surface area contributed by atoms with Crippen molar-refractivity contribution in [2.24, 2.45) is 0 Å². The van der Waals surface area contributed by atoms with Gasteiger partial charge in [0.1, 0.15) is 0 Å². The quantitative estimate of drug-likeness (QED) is 0.789. The fourth-order valence-corrected chi connectivity index (χ4v) is 1.87. The number of hydrogen-bond donors (Lipinski definition) is 1. The highest BCUT2D eigenvalue weighted by atomic mass is 16.3. The summed E-state index contributed by atoms with van der Waals surface area (Å²) in [5, 5.41) is 13.9. The molecule has 3 heteroatoms. The number of nitrogens with zero attached hydrogens (tertiary/aromatic N) is 2. The predicted molar refractivity (Wildman–Crippen MR) is 57.6 cm³/mol. The molecule has 3 nitrogen and oxygen atoms in total. The van der Waals surface area contributed by atoms with Gasteiger partial charge in [0.2, 0.25) is 5.88 Å². The van der Waals surface area contributed by atoms with Crippen LogP contribution in [0.5, 0.6) is 5.88 Å². The Labute approximate surface area is 85.8 Å². The minimum absolute atomic E-state index is 0.0388. The maximum atomic E-state index is 9.78. The minimum Gasteiger partial charge on any atom is -0.492 e. The third kappa shape index (κ3) is 1.76. The summed E-state index contributed by atoms with van der Waals surface area (Å²) >= 11 is 0. The van der Waals surface area contributed by atoms with Gasteiger partial charge in [-0.2, -0.15) is 0 Å². The topological polar surface area (TPSA) is 38.1 Å². The zero-order valence-electron chi connectivity index (χ0n) is 9.76. The molecule has 1 N–H and O–H groups in total. The van der Waals surface area contributed by atoms with Crippen LogP contribution in [0, 0.1) is 0 Å². The Kier molecular flexibility index (Phi) is 2.88. The molecule has 0 atom stereocenters. The Bertz CT molecular complexity index is 321. The van der Waals surface area contributed by atoms with E-state index in [4.69, 9.17) is 0 Å². The molecule has 0 aliphatic heterocycles. The minimum atomic E-state index is -0.0388. The fourth-order valence-electron chi connectivity index (χ4n) is 1.87. The summed E-state index contributed by atoms with van der Waals surface area (Å²) in [4.78, 5) is 0. The predicted octanol–water partition coefficient (Wildman–Crippen LogP) is 2.47. The second kappa shape index (κ2) is 3.64. The molecule has 1 heterocycles. The van der Waals surface area contributed by atoms with Crippen LogP contribution in [0.3, 0.4) is 0 Å². The number of aryl methyl sites for hydroxylation is 1. The van der Waals surface area contributed by atoms with E-state index in [0.29, 0.717) is 0 Å². The molecule has 0 unspecified atom stereocenters. The van der Waals surface area contributed by atoms with Gasteiger partial charge in [-0.15, -0.1) is 5.10 Å². The van der Waals surface area contributed by atoms with Gasteiger partial charge in [-0.3, -0.25) is 4.68 Å². The van der Waals surface area contributed by atoms with Crippen LogP contribution in [-0.2, 0) is 18.4 Å². The molecule has 0 bridgehead atoms. The highest BCUT2D eigenvalue weighted by molar-refractivity contribution is 5.36. The van der Waals surface area contributed by atoms with Gasteiger partial charge in [0.15, 0.2) is 0 Å². The first kappa shape index (κ1) is 11.1. The van der Waals surface area contributed by atoms with Gasteiger partial charge in [-0.1, -0.05) is 27.7 Å². The van der Waals surface area contributed by atoms with Crippen LogP contribution in [0.1, 0.15) is 45.9 Å². The summed E-state index contributed by atoms with van der Waals surface area (Å²) < 4.78 is 1.88. The van der Waals surface area contributed by atoms with Crippen molar-refractivity contribution in [1.29, 1.82) is 0 Å². The Balaban J connectivity index is 3.34. The molecule has 14 heavy (non-hydrogen) atoms. The van der Waals surface area contributed by atoms with Crippen LogP contribution in [0.15, 0.2) is 0 Å². The van der Waals surface area contributed by atoms with Crippen LogP contribution >= 0.6 is 0 Å². The van der Waals surface area contributed by atoms with E-state index in [0.717, 1.165) is 24.2 Å². The first-order valence-electron chi connectivity index (χ1n) is 5.20. The average molecular weight is 196 g/mol.